The number of rotatable bonds is 4. The van der Waals surface area contributed by atoms with E-state index >= 15 is 0 Å². The van der Waals surface area contributed by atoms with Gasteiger partial charge >= 0.3 is 6.09 Å². The van der Waals surface area contributed by atoms with E-state index in [4.69, 9.17) is 9.47 Å². The quantitative estimate of drug-likeness (QED) is 0.391. The van der Waals surface area contributed by atoms with Crippen LogP contribution in [0.2, 0.25) is 0 Å². The number of aromatic nitrogens is 3. The van der Waals surface area contributed by atoms with Crippen LogP contribution in [0.3, 0.4) is 0 Å². The van der Waals surface area contributed by atoms with Crippen LogP contribution in [-0.2, 0) is 31.2 Å². The minimum atomic E-state index is -0.821. The van der Waals surface area contributed by atoms with Crippen molar-refractivity contribution in [2.45, 2.75) is 45.8 Å². The van der Waals surface area contributed by atoms with Crippen molar-refractivity contribution in [3.8, 4) is 16.9 Å². The number of benzene rings is 1. The maximum absolute atomic E-state index is 14.1. The van der Waals surface area contributed by atoms with Gasteiger partial charge in [0.2, 0.25) is 0 Å². The Morgan fingerprint density at radius 3 is 2.64 bits per heavy atom. The first-order chi connectivity index (χ1) is 18.5. The first-order valence-corrected chi connectivity index (χ1v) is 12.7. The van der Waals surface area contributed by atoms with Gasteiger partial charge in [0.05, 0.1) is 11.8 Å². The molecule has 0 fully saturated rings. The minimum absolute atomic E-state index is 0.0651. The van der Waals surface area contributed by atoms with Crippen molar-refractivity contribution in [3.05, 3.63) is 81.7 Å². The molecule has 8 nitrogen and oxygen atoms in total. The third-order valence-corrected chi connectivity index (χ3v) is 6.80. The molecule has 0 unspecified atom stereocenters. The summed E-state index contributed by atoms with van der Waals surface area (Å²) in [5.74, 6) is -1.34. The SMILES string of the molecule is Cn1c2c(c3ccc(-c4c(OCc5ncc(F)cc5F)cc[nH]c4=O)cc31)CCN(C(=O)OC(C)(C)C)CC2. The lowest BCUT2D eigenvalue weighted by Crippen LogP contribution is -2.38. The molecule has 4 aromatic rings. The standard InChI is InChI=1S/C29H30F2N4O4/c1-29(2,3)39-28(37)35-11-8-20-19-6-5-17(13-24(19)34(4)23(20)9-12-35)26-25(7-10-32-27(26)36)38-16-22-21(31)14-18(30)15-33-22/h5-7,10,13-15H,8-9,11-12,16H2,1-4H3,(H,32,36). The highest BCUT2D eigenvalue weighted by molar-refractivity contribution is 5.90. The number of nitrogens with one attached hydrogen (secondary N) is 1. The molecule has 0 atom stereocenters. The number of H-pyrrole nitrogens is 1. The molecule has 1 amide bonds. The Bertz CT molecular complexity index is 1620. The van der Waals surface area contributed by atoms with E-state index in [-0.39, 0.29) is 29.7 Å². The number of fused-ring (bicyclic) bond motifs is 3. The fraction of sp³-hybridized carbons (Fsp3) is 0.345. The highest BCUT2D eigenvalue weighted by Crippen LogP contribution is 2.34. The van der Waals surface area contributed by atoms with Gasteiger partial charge in [-0.15, -0.1) is 0 Å². The Morgan fingerprint density at radius 1 is 1.13 bits per heavy atom. The van der Waals surface area contributed by atoms with E-state index in [9.17, 15) is 18.4 Å². The molecule has 4 heterocycles. The second kappa shape index (κ2) is 10.2. The molecule has 10 heteroatoms. The molecule has 0 radical (unpaired) electrons. The van der Waals surface area contributed by atoms with Crippen LogP contribution in [0.1, 0.15) is 37.7 Å². The van der Waals surface area contributed by atoms with E-state index in [2.05, 4.69) is 14.5 Å². The smallest absolute Gasteiger partial charge is 0.410 e. The Balaban J connectivity index is 1.44. The molecule has 39 heavy (non-hydrogen) atoms. The number of carbonyl (C=O) groups is 1. The summed E-state index contributed by atoms with van der Waals surface area (Å²) in [6.07, 6.45) is 3.41. The predicted octanol–water partition coefficient (Wildman–Crippen LogP) is 5.12. The number of pyridine rings is 2. The summed E-state index contributed by atoms with van der Waals surface area (Å²) in [7, 11) is 1.98. The maximum atomic E-state index is 14.1. The lowest BCUT2D eigenvalue weighted by molar-refractivity contribution is 0.0258. The average Bonchev–Trinajstić information content (AvgIpc) is 3.00. The van der Waals surface area contributed by atoms with Crippen LogP contribution >= 0.6 is 0 Å². The van der Waals surface area contributed by atoms with Crippen molar-refractivity contribution in [1.82, 2.24) is 19.4 Å². The lowest BCUT2D eigenvalue weighted by Gasteiger charge is -2.26. The van der Waals surface area contributed by atoms with Crippen molar-refractivity contribution < 1.29 is 23.0 Å². The van der Waals surface area contributed by atoms with Crippen molar-refractivity contribution in [3.63, 3.8) is 0 Å². The van der Waals surface area contributed by atoms with Crippen LogP contribution in [0.15, 0.2) is 47.5 Å². The Kier molecular flexibility index (Phi) is 6.88. The fourth-order valence-electron chi connectivity index (χ4n) is 4.98. The first-order valence-electron chi connectivity index (χ1n) is 12.7. The summed E-state index contributed by atoms with van der Waals surface area (Å²) in [5.41, 5.74) is 3.20. The monoisotopic (exact) mass is 536 g/mol. The van der Waals surface area contributed by atoms with Gasteiger partial charge in [-0.25, -0.2) is 13.6 Å². The molecule has 1 aliphatic rings. The second-order valence-corrected chi connectivity index (χ2v) is 10.6. The number of carbonyl (C=O) groups excluding carboxylic acids is 1. The zero-order chi connectivity index (χ0) is 27.9. The number of hydrogen-bond acceptors (Lipinski definition) is 5. The van der Waals surface area contributed by atoms with E-state index in [0.717, 1.165) is 28.9 Å². The van der Waals surface area contributed by atoms with Gasteiger partial charge in [-0.1, -0.05) is 12.1 Å². The Hall–Kier alpha value is -4.21. The summed E-state index contributed by atoms with van der Waals surface area (Å²) in [4.78, 5) is 33.7. The van der Waals surface area contributed by atoms with E-state index in [0.29, 0.717) is 37.1 Å². The maximum Gasteiger partial charge on any atom is 0.410 e. The number of aryl methyl sites for hydroxylation is 1. The molecular formula is C29H30F2N4O4. The van der Waals surface area contributed by atoms with Gasteiger partial charge in [0.15, 0.2) is 5.82 Å². The average molecular weight is 537 g/mol. The van der Waals surface area contributed by atoms with Crippen LogP contribution in [-0.4, -0.2) is 44.2 Å². The molecule has 0 saturated carbocycles. The topological polar surface area (TPSA) is 89.5 Å². The number of halogens is 2. The minimum Gasteiger partial charge on any atom is -0.486 e. The Morgan fingerprint density at radius 2 is 1.90 bits per heavy atom. The molecule has 1 aliphatic heterocycles. The zero-order valence-electron chi connectivity index (χ0n) is 22.3. The van der Waals surface area contributed by atoms with Gasteiger partial charge in [0.25, 0.3) is 5.56 Å². The van der Waals surface area contributed by atoms with Gasteiger partial charge < -0.3 is 23.9 Å². The highest BCUT2D eigenvalue weighted by Gasteiger charge is 2.27. The summed E-state index contributed by atoms with van der Waals surface area (Å²) in [6.45, 7) is 6.40. The third-order valence-electron chi connectivity index (χ3n) is 6.80. The van der Waals surface area contributed by atoms with Crippen LogP contribution in [0.25, 0.3) is 22.0 Å². The molecule has 1 aromatic carbocycles. The molecule has 0 aliphatic carbocycles. The molecule has 0 saturated heterocycles. The zero-order valence-corrected chi connectivity index (χ0v) is 22.3. The Labute approximate surface area is 224 Å². The first kappa shape index (κ1) is 26.4. The number of nitrogens with zero attached hydrogens (tertiary/aromatic N) is 3. The number of ether oxygens (including phenoxy) is 2. The summed E-state index contributed by atoms with van der Waals surface area (Å²) in [5, 5.41) is 1.05. The van der Waals surface area contributed by atoms with Crippen molar-refractivity contribution >= 4 is 17.0 Å². The van der Waals surface area contributed by atoms with Gasteiger partial charge in [-0.2, -0.15) is 0 Å². The van der Waals surface area contributed by atoms with Crippen LogP contribution in [0.5, 0.6) is 5.75 Å². The predicted molar refractivity (Wildman–Crippen MR) is 143 cm³/mol. The van der Waals surface area contributed by atoms with Gasteiger partial charge in [0.1, 0.15) is 29.5 Å². The largest absolute Gasteiger partial charge is 0.486 e. The van der Waals surface area contributed by atoms with Crippen molar-refractivity contribution in [2.24, 2.45) is 7.05 Å². The molecule has 5 rings (SSSR count). The van der Waals surface area contributed by atoms with E-state index < -0.39 is 17.2 Å². The molecule has 1 N–H and O–H groups in total. The number of hydrogen-bond donors (Lipinski definition) is 1. The summed E-state index contributed by atoms with van der Waals surface area (Å²) >= 11 is 0. The van der Waals surface area contributed by atoms with E-state index in [1.165, 1.54) is 11.8 Å². The van der Waals surface area contributed by atoms with E-state index in [1.807, 2.05) is 46.0 Å². The fourth-order valence-corrected chi connectivity index (χ4v) is 4.98. The number of aromatic amines is 1. The number of amides is 1. The van der Waals surface area contributed by atoms with Crippen LogP contribution < -0.4 is 10.3 Å². The van der Waals surface area contributed by atoms with Gasteiger partial charge in [0, 0.05) is 55.4 Å². The second-order valence-electron chi connectivity index (χ2n) is 10.6. The highest BCUT2D eigenvalue weighted by atomic mass is 19.1. The van der Waals surface area contributed by atoms with Gasteiger partial charge in [-0.05, 0) is 50.5 Å². The molecule has 0 bridgehead atoms. The molecule has 3 aromatic heterocycles. The molecular weight excluding hydrogens is 506 g/mol. The lowest BCUT2D eigenvalue weighted by atomic mass is 10.0. The van der Waals surface area contributed by atoms with Gasteiger partial charge in [-0.3, -0.25) is 9.78 Å². The van der Waals surface area contributed by atoms with Crippen molar-refractivity contribution in [1.29, 1.82) is 0 Å². The third kappa shape index (κ3) is 5.36. The van der Waals surface area contributed by atoms with Crippen molar-refractivity contribution in [2.75, 3.05) is 13.1 Å². The summed E-state index contributed by atoms with van der Waals surface area (Å²) in [6, 6.07) is 8.10. The molecule has 0 spiro atoms. The van der Waals surface area contributed by atoms with E-state index in [1.54, 1.807) is 11.0 Å². The summed E-state index contributed by atoms with van der Waals surface area (Å²) < 4.78 is 40.7. The van der Waals surface area contributed by atoms with Crippen LogP contribution in [0.4, 0.5) is 13.6 Å². The molecule has 204 valence electrons. The normalized spacial score (nSPS) is 13.7. The van der Waals surface area contributed by atoms with Crippen LogP contribution in [0, 0.1) is 11.6 Å².